The van der Waals surface area contributed by atoms with Crippen molar-refractivity contribution in [3.05, 3.63) is 47.7 Å². The quantitative estimate of drug-likeness (QED) is 0.847. The van der Waals surface area contributed by atoms with Gasteiger partial charge in [-0.3, -0.25) is 4.72 Å². The average molecular weight is 291 g/mol. The van der Waals surface area contributed by atoms with E-state index in [2.05, 4.69) is 9.71 Å². The molecule has 0 bridgehead atoms. The van der Waals surface area contributed by atoms with Crippen molar-refractivity contribution in [2.75, 3.05) is 10.5 Å². The first kappa shape index (κ1) is 14.3. The highest BCUT2D eigenvalue weighted by Crippen LogP contribution is 2.22. The monoisotopic (exact) mass is 291 g/mol. The third kappa shape index (κ3) is 3.08. The molecule has 0 radical (unpaired) electrons. The molecule has 0 aliphatic carbocycles. The molecule has 1 aromatic carbocycles. The second-order valence-corrected chi connectivity index (χ2v) is 6.20. The smallest absolute Gasteiger partial charge is 0.263 e. The normalized spacial score (nSPS) is 11.3. The number of aryl methyl sites for hydroxylation is 2. The predicted octanol–water partition coefficient (Wildman–Crippen LogP) is 2.34. The van der Waals surface area contributed by atoms with Gasteiger partial charge in [0.15, 0.2) is 0 Å². The molecule has 0 aliphatic heterocycles. The lowest BCUT2D eigenvalue weighted by molar-refractivity contribution is 0.600. The van der Waals surface area contributed by atoms with E-state index in [1.807, 2.05) is 13.8 Å². The molecule has 20 heavy (non-hydrogen) atoms. The van der Waals surface area contributed by atoms with E-state index in [9.17, 15) is 8.42 Å². The summed E-state index contributed by atoms with van der Waals surface area (Å²) in [6.07, 6.45) is 2.17. The fourth-order valence-corrected chi connectivity index (χ4v) is 3.24. The molecule has 1 aromatic heterocycles. The molecule has 0 spiro atoms. The molecule has 5 nitrogen and oxygen atoms in total. The minimum Gasteiger partial charge on any atom is -0.399 e. The summed E-state index contributed by atoms with van der Waals surface area (Å²) in [6, 6.07) is 8.37. The Bertz CT molecular complexity index is 727. The number of nitrogens with two attached hydrogens (primary N) is 1. The van der Waals surface area contributed by atoms with Crippen LogP contribution in [0.25, 0.3) is 0 Å². The Kier molecular flexibility index (Phi) is 3.94. The lowest BCUT2D eigenvalue weighted by Gasteiger charge is -2.12. The van der Waals surface area contributed by atoms with Gasteiger partial charge in [0.2, 0.25) is 0 Å². The van der Waals surface area contributed by atoms with Gasteiger partial charge in [0.1, 0.15) is 5.82 Å². The molecule has 1 heterocycles. The average Bonchev–Trinajstić information content (AvgIpc) is 2.38. The predicted molar refractivity (Wildman–Crippen MR) is 80.0 cm³/mol. The fourth-order valence-electron chi connectivity index (χ4n) is 1.90. The SMILES string of the molecule is CCc1ccc(N)cc1S(=O)(=O)Nc1cc(C)ccn1. The number of aromatic nitrogens is 1. The number of rotatable bonds is 4. The Morgan fingerprint density at radius 1 is 1.25 bits per heavy atom. The molecule has 0 saturated heterocycles. The minimum atomic E-state index is -3.69. The van der Waals surface area contributed by atoms with Crippen molar-refractivity contribution in [3.63, 3.8) is 0 Å². The summed E-state index contributed by atoms with van der Waals surface area (Å²) < 4.78 is 27.4. The van der Waals surface area contributed by atoms with Gasteiger partial charge in [0.25, 0.3) is 10.0 Å². The lowest BCUT2D eigenvalue weighted by Crippen LogP contribution is -2.16. The maximum Gasteiger partial charge on any atom is 0.263 e. The summed E-state index contributed by atoms with van der Waals surface area (Å²) in [4.78, 5) is 4.20. The van der Waals surface area contributed by atoms with Gasteiger partial charge < -0.3 is 5.73 Å². The summed E-state index contributed by atoms with van der Waals surface area (Å²) in [7, 11) is -3.69. The molecule has 0 atom stereocenters. The second kappa shape index (κ2) is 5.50. The topological polar surface area (TPSA) is 85.1 Å². The first-order valence-electron chi connectivity index (χ1n) is 6.26. The number of pyridine rings is 1. The van der Waals surface area contributed by atoms with Crippen LogP contribution in [0, 0.1) is 6.92 Å². The van der Waals surface area contributed by atoms with Crippen LogP contribution in [-0.4, -0.2) is 13.4 Å². The zero-order chi connectivity index (χ0) is 14.8. The van der Waals surface area contributed by atoms with E-state index in [0.717, 1.165) is 11.1 Å². The number of nitrogen functional groups attached to an aromatic ring is 1. The molecular weight excluding hydrogens is 274 g/mol. The summed E-state index contributed by atoms with van der Waals surface area (Å²) in [5.41, 5.74) is 7.76. The van der Waals surface area contributed by atoms with E-state index in [1.165, 1.54) is 6.07 Å². The Balaban J connectivity index is 2.43. The molecule has 6 heteroatoms. The number of nitrogens with one attached hydrogen (secondary N) is 1. The summed E-state index contributed by atoms with van der Waals surface area (Å²) in [5.74, 6) is 0.300. The highest BCUT2D eigenvalue weighted by atomic mass is 32.2. The highest BCUT2D eigenvalue weighted by Gasteiger charge is 2.18. The van der Waals surface area contributed by atoms with Crippen LogP contribution < -0.4 is 10.5 Å². The standard InChI is InChI=1S/C14H17N3O2S/c1-3-11-4-5-12(15)9-13(11)20(18,19)17-14-8-10(2)6-7-16-14/h4-9H,3,15H2,1-2H3,(H,16,17). The first-order valence-corrected chi connectivity index (χ1v) is 7.74. The summed E-state index contributed by atoms with van der Waals surface area (Å²) in [6.45, 7) is 3.77. The van der Waals surface area contributed by atoms with E-state index in [4.69, 9.17) is 5.73 Å². The van der Waals surface area contributed by atoms with Crippen LogP contribution in [0.3, 0.4) is 0 Å². The van der Waals surface area contributed by atoms with Gasteiger partial charge in [-0.25, -0.2) is 13.4 Å². The van der Waals surface area contributed by atoms with Crippen molar-refractivity contribution >= 4 is 21.5 Å². The van der Waals surface area contributed by atoms with E-state index < -0.39 is 10.0 Å². The number of anilines is 2. The van der Waals surface area contributed by atoms with Crippen molar-refractivity contribution in [1.82, 2.24) is 4.98 Å². The number of hydrogen-bond acceptors (Lipinski definition) is 4. The van der Waals surface area contributed by atoms with Gasteiger partial charge in [0, 0.05) is 11.9 Å². The largest absolute Gasteiger partial charge is 0.399 e. The minimum absolute atomic E-state index is 0.198. The molecule has 2 aromatic rings. The van der Waals surface area contributed by atoms with E-state index in [1.54, 1.807) is 30.5 Å². The van der Waals surface area contributed by atoms with Crippen molar-refractivity contribution in [2.45, 2.75) is 25.2 Å². The zero-order valence-corrected chi connectivity index (χ0v) is 12.2. The van der Waals surface area contributed by atoms with Crippen molar-refractivity contribution in [2.24, 2.45) is 0 Å². The van der Waals surface area contributed by atoms with Gasteiger partial charge in [-0.15, -0.1) is 0 Å². The van der Waals surface area contributed by atoms with Crippen molar-refractivity contribution < 1.29 is 8.42 Å². The van der Waals surface area contributed by atoms with E-state index in [-0.39, 0.29) is 4.90 Å². The second-order valence-electron chi connectivity index (χ2n) is 4.54. The summed E-state index contributed by atoms with van der Waals surface area (Å²) >= 11 is 0. The molecule has 0 aliphatic rings. The Labute approximate surface area is 118 Å². The van der Waals surface area contributed by atoms with Crippen molar-refractivity contribution in [3.8, 4) is 0 Å². The van der Waals surface area contributed by atoms with Gasteiger partial charge in [-0.05, 0) is 48.7 Å². The zero-order valence-electron chi connectivity index (χ0n) is 11.4. The van der Waals surface area contributed by atoms with Gasteiger partial charge in [0.05, 0.1) is 4.90 Å². The van der Waals surface area contributed by atoms with Crippen LogP contribution in [0.2, 0.25) is 0 Å². The van der Waals surface area contributed by atoms with Crippen molar-refractivity contribution in [1.29, 1.82) is 0 Å². The number of hydrogen-bond donors (Lipinski definition) is 2. The molecule has 3 N–H and O–H groups in total. The first-order chi connectivity index (χ1) is 9.42. The number of sulfonamides is 1. The Morgan fingerprint density at radius 2 is 2.00 bits per heavy atom. The Hall–Kier alpha value is -2.08. The molecule has 2 rings (SSSR count). The van der Waals surface area contributed by atoms with Crippen LogP contribution in [-0.2, 0) is 16.4 Å². The number of nitrogens with zero attached hydrogens (tertiary/aromatic N) is 1. The molecule has 0 unspecified atom stereocenters. The molecule has 0 fully saturated rings. The number of benzene rings is 1. The lowest BCUT2D eigenvalue weighted by atomic mass is 10.1. The van der Waals surface area contributed by atoms with Crippen LogP contribution in [0.15, 0.2) is 41.4 Å². The highest BCUT2D eigenvalue weighted by molar-refractivity contribution is 7.92. The van der Waals surface area contributed by atoms with E-state index in [0.29, 0.717) is 17.9 Å². The molecule has 0 amide bonds. The van der Waals surface area contributed by atoms with Crippen LogP contribution >= 0.6 is 0 Å². The fraction of sp³-hybridized carbons (Fsp3) is 0.214. The third-order valence-corrected chi connectivity index (χ3v) is 4.35. The maximum atomic E-state index is 12.4. The summed E-state index contributed by atoms with van der Waals surface area (Å²) in [5, 5.41) is 0. The van der Waals surface area contributed by atoms with Gasteiger partial charge >= 0.3 is 0 Å². The van der Waals surface area contributed by atoms with Crippen LogP contribution in [0.1, 0.15) is 18.1 Å². The Morgan fingerprint density at radius 3 is 2.65 bits per heavy atom. The molecular formula is C14H17N3O2S. The molecule has 0 saturated carbocycles. The van der Waals surface area contributed by atoms with Crippen LogP contribution in [0.4, 0.5) is 11.5 Å². The maximum absolute atomic E-state index is 12.4. The van der Waals surface area contributed by atoms with Crippen LogP contribution in [0.5, 0.6) is 0 Å². The molecule has 106 valence electrons. The van der Waals surface area contributed by atoms with Gasteiger partial charge in [-0.2, -0.15) is 0 Å². The van der Waals surface area contributed by atoms with E-state index >= 15 is 0 Å². The van der Waals surface area contributed by atoms with Gasteiger partial charge in [-0.1, -0.05) is 13.0 Å². The third-order valence-electron chi connectivity index (χ3n) is 2.92.